The second-order valence-electron chi connectivity index (χ2n) is 7.40. The number of nitrogens with one attached hydrogen (secondary N) is 1. The molecule has 5 nitrogen and oxygen atoms in total. The summed E-state index contributed by atoms with van der Waals surface area (Å²) in [6.07, 6.45) is 1.97. The molecule has 0 unspecified atom stereocenters. The first-order valence-corrected chi connectivity index (χ1v) is 10.4. The Hall–Kier alpha value is -3.62. The topological polar surface area (TPSA) is 73.2 Å². The quantitative estimate of drug-likeness (QED) is 0.615. The molecule has 0 atom stereocenters. The molecule has 0 bridgehead atoms. The highest BCUT2D eigenvalue weighted by atomic mass is 35.5. The Morgan fingerprint density at radius 1 is 1.03 bits per heavy atom. The van der Waals surface area contributed by atoms with Gasteiger partial charge in [0.2, 0.25) is 0 Å². The van der Waals surface area contributed by atoms with E-state index in [9.17, 15) is 9.59 Å². The van der Waals surface area contributed by atoms with E-state index >= 15 is 0 Å². The standard InChI is InChI=1S/C25H20ClN3O2/c26-21-5-1-3-20(16-21)25(31)29-14-2-4-18-15-19(8-11-23(18)29)24(30)28-22-9-6-17(7-10-22)12-13-27/h1,3,5-11,15-16H,2,4,12,14H2,(H,28,30). The summed E-state index contributed by atoms with van der Waals surface area (Å²) in [6.45, 7) is 0.624. The average Bonchev–Trinajstić information content (AvgIpc) is 2.79. The van der Waals surface area contributed by atoms with Crippen LogP contribution >= 0.6 is 11.6 Å². The Kier molecular flexibility index (Phi) is 6.01. The predicted molar refractivity (Wildman–Crippen MR) is 122 cm³/mol. The van der Waals surface area contributed by atoms with Gasteiger partial charge in [0, 0.05) is 34.1 Å². The minimum Gasteiger partial charge on any atom is -0.322 e. The summed E-state index contributed by atoms with van der Waals surface area (Å²) < 4.78 is 0. The highest BCUT2D eigenvalue weighted by molar-refractivity contribution is 6.31. The molecule has 1 N–H and O–H groups in total. The third-order valence-electron chi connectivity index (χ3n) is 5.27. The second kappa shape index (κ2) is 9.03. The first kappa shape index (κ1) is 20.6. The van der Waals surface area contributed by atoms with Gasteiger partial charge in [0.15, 0.2) is 0 Å². The number of halogens is 1. The summed E-state index contributed by atoms with van der Waals surface area (Å²) in [4.78, 5) is 27.5. The second-order valence-corrected chi connectivity index (χ2v) is 7.84. The molecule has 3 aromatic carbocycles. The van der Waals surface area contributed by atoms with Crippen LogP contribution in [0.25, 0.3) is 0 Å². The Labute approximate surface area is 185 Å². The van der Waals surface area contributed by atoms with Crippen molar-refractivity contribution in [3.8, 4) is 6.07 Å². The van der Waals surface area contributed by atoms with Crippen molar-refractivity contribution < 1.29 is 9.59 Å². The molecule has 0 fully saturated rings. The molecule has 2 amide bonds. The van der Waals surface area contributed by atoms with Crippen molar-refractivity contribution >= 4 is 34.8 Å². The predicted octanol–water partition coefficient (Wildman–Crippen LogP) is 5.25. The Bertz CT molecular complexity index is 1180. The molecule has 154 valence electrons. The lowest BCUT2D eigenvalue weighted by atomic mass is 9.98. The maximum absolute atomic E-state index is 13.0. The van der Waals surface area contributed by atoms with Crippen LogP contribution in [0.5, 0.6) is 0 Å². The third-order valence-corrected chi connectivity index (χ3v) is 5.51. The van der Waals surface area contributed by atoms with E-state index in [4.69, 9.17) is 16.9 Å². The number of rotatable bonds is 4. The summed E-state index contributed by atoms with van der Waals surface area (Å²) in [5.74, 6) is -0.313. The molecular formula is C25H20ClN3O2. The maximum atomic E-state index is 13.0. The van der Waals surface area contributed by atoms with Crippen LogP contribution in [0.4, 0.5) is 11.4 Å². The van der Waals surface area contributed by atoms with E-state index in [0.29, 0.717) is 34.8 Å². The number of nitriles is 1. The molecule has 31 heavy (non-hydrogen) atoms. The molecule has 0 radical (unpaired) electrons. The van der Waals surface area contributed by atoms with Gasteiger partial charge in [-0.3, -0.25) is 9.59 Å². The summed E-state index contributed by atoms with van der Waals surface area (Å²) in [5, 5.41) is 12.2. The first-order valence-electron chi connectivity index (χ1n) is 10.0. The number of amides is 2. The third kappa shape index (κ3) is 4.60. The number of carbonyl (C=O) groups excluding carboxylic acids is 2. The Morgan fingerprint density at radius 2 is 1.84 bits per heavy atom. The molecule has 3 aromatic rings. The SMILES string of the molecule is N#CCc1ccc(NC(=O)c2ccc3c(c2)CCCN3C(=O)c2cccc(Cl)c2)cc1. The van der Waals surface area contributed by atoms with Crippen molar-refractivity contribution in [2.75, 3.05) is 16.8 Å². The van der Waals surface area contributed by atoms with Gasteiger partial charge in [0.05, 0.1) is 12.5 Å². The number of nitrogens with zero attached hydrogens (tertiary/aromatic N) is 2. The molecule has 0 spiro atoms. The number of carbonyl (C=O) groups is 2. The molecule has 0 saturated heterocycles. The van der Waals surface area contributed by atoms with E-state index in [1.54, 1.807) is 47.4 Å². The number of benzene rings is 3. The van der Waals surface area contributed by atoms with Crippen molar-refractivity contribution in [2.45, 2.75) is 19.3 Å². The smallest absolute Gasteiger partial charge is 0.258 e. The van der Waals surface area contributed by atoms with Crippen LogP contribution in [-0.4, -0.2) is 18.4 Å². The number of fused-ring (bicyclic) bond motifs is 1. The van der Waals surface area contributed by atoms with Crippen molar-refractivity contribution in [3.63, 3.8) is 0 Å². The van der Waals surface area contributed by atoms with Gasteiger partial charge < -0.3 is 10.2 Å². The van der Waals surface area contributed by atoms with Gasteiger partial charge in [-0.2, -0.15) is 5.26 Å². The number of anilines is 2. The zero-order valence-electron chi connectivity index (χ0n) is 16.8. The minimum absolute atomic E-state index is 0.0990. The van der Waals surface area contributed by atoms with E-state index in [0.717, 1.165) is 29.7 Å². The largest absolute Gasteiger partial charge is 0.322 e. The molecule has 0 aliphatic carbocycles. The zero-order valence-corrected chi connectivity index (χ0v) is 17.5. The van der Waals surface area contributed by atoms with E-state index in [1.165, 1.54) is 0 Å². The van der Waals surface area contributed by atoms with Gasteiger partial charge >= 0.3 is 0 Å². The average molecular weight is 430 g/mol. The van der Waals surface area contributed by atoms with Crippen LogP contribution in [0.3, 0.4) is 0 Å². The molecule has 6 heteroatoms. The first-order chi connectivity index (χ1) is 15.0. The fourth-order valence-electron chi connectivity index (χ4n) is 3.73. The molecule has 4 rings (SSSR count). The fraction of sp³-hybridized carbons (Fsp3) is 0.160. The molecule has 1 aliphatic heterocycles. The molecule has 1 heterocycles. The molecule has 0 aromatic heterocycles. The lowest BCUT2D eigenvalue weighted by molar-refractivity contribution is 0.0984. The number of hydrogen-bond acceptors (Lipinski definition) is 3. The minimum atomic E-state index is -0.214. The summed E-state index contributed by atoms with van der Waals surface area (Å²) in [6, 6.07) is 21.7. The van der Waals surface area contributed by atoms with E-state index < -0.39 is 0 Å². The Balaban J connectivity index is 1.53. The normalized spacial score (nSPS) is 12.6. The number of aryl methyl sites for hydroxylation is 1. The van der Waals surface area contributed by atoms with Crippen LogP contribution in [0, 0.1) is 11.3 Å². The van der Waals surface area contributed by atoms with Gasteiger partial charge in [-0.05, 0) is 72.5 Å². The zero-order chi connectivity index (χ0) is 21.8. The van der Waals surface area contributed by atoms with Gasteiger partial charge in [0.25, 0.3) is 11.8 Å². The molecule has 0 saturated carbocycles. The van der Waals surface area contributed by atoms with Crippen LogP contribution < -0.4 is 10.2 Å². The highest BCUT2D eigenvalue weighted by Crippen LogP contribution is 2.30. The van der Waals surface area contributed by atoms with E-state index in [2.05, 4.69) is 11.4 Å². The van der Waals surface area contributed by atoms with Gasteiger partial charge in [-0.15, -0.1) is 0 Å². The van der Waals surface area contributed by atoms with Crippen molar-refractivity contribution in [3.05, 3.63) is 94.0 Å². The van der Waals surface area contributed by atoms with Crippen LogP contribution in [-0.2, 0) is 12.8 Å². The fourth-order valence-corrected chi connectivity index (χ4v) is 3.92. The van der Waals surface area contributed by atoms with E-state index in [-0.39, 0.29) is 11.8 Å². The van der Waals surface area contributed by atoms with Gasteiger partial charge in [-0.1, -0.05) is 29.8 Å². The monoisotopic (exact) mass is 429 g/mol. The Morgan fingerprint density at radius 3 is 2.58 bits per heavy atom. The van der Waals surface area contributed by atoms with Crippen LogP contribution in [0.2, 0.25) is 5.02 Å². The van der Waals surface area contributed by atoms with Crippen molar-refractivity contribution in [1.29, 1.82) is 5.26 Å². The van der Waals surface area contributed by atoms with Crippen molar-refractivity contribution in [1.82, 2.24) is 0 Å². The maximum Gasteiger partial charge on any atom is 0.258 e. The summed E-state index contributed by atoms with van der Waals surface area (Å²) in [5.41, 5.74) is 4.45. The van der Waals surface area contributed by atoms with Crippen LogP contribution in [0.1, 0.15) is 38.3 Å². The lowest BCUT2D eigenvalue weighted by Crippen LogP contribution is -2.35. The summed E-state index contributed by atoms with van der Waals surface area (Å²) >= 11 is 6.05. The van der Waals surface area contributed by atoms with Gasteiger partial charge in [-0.25, -0.2) is 0 Å². The lowest BCUT2D eigenvalue weighted by Gasteiger charge is -2.30. The molecular weight excluding hydrogens is 410 g/mol. The van der Waals surface area contributed by atoms with Crippen LogP contribution in [0.15, 0.2) is 66.7 Å². The molecule has 1 aliphatic rings. The highest BCUT2D eigenvalue weighted by Gasteiger charge is 2.24. The summed E-state index contributed by atoms with van der Waals surface area (Å²) in [7, 11) is 0. The van der Waals surface area contributed by atoms with Crippen molar-refractivity contribution in [2.24, 2.45) is 0 Å². The van der Waals surface area contributed by atoms with E-state index in [1.807, 2.05) is 24.3 Å². The number of hydrogen-bond donors (Lipinski definition) is 1. The van der Waals surface area contributed by atoms with Gasteiger partial charge in [0.1, 0.15) is 0 Å².